The van der Waals surface area contributed by atoms with Crippen molar-refractivity contribution >= 4 is 10.8 Å². The van der Waals surface area contributed by atoms with E-state index in [0.717, 1.165) is 17.7 Å². The summed E-state index contributed by atoms with van der Waals surface area (Å²) in [7, 11) is -1.06. The van der Waals surface area contributed by atoms with E-state index in [-0.39, 0.29) is 5.41 Å². The minimum atomic E-state index is -1.06. The lowest BCUT2D eigenvalue weighted by Crippen LogP contribution is -2.15. The summed E-state index contributed by atoms with van der Waals surface area (Å²) in [6, 6.07) is 7.68. The normalized spacial score (nSPS) is 15.4. The number of nitrogens with zero attached hydrogens (tertiary/aromatic N) is 1. The summed E-state index contributed by atoms with van der Waals surface area (Å²) in [5.41, 5.74) is -0.350. The van der Waals surface area contributed by atoms with Crippen LogP contribution in [0.5, 0.6) is 11.5 Å². The summed E-state index contributed by atoms with van der Waals surface area (Å²) in [5, 5.41) is 8.95. The van der Waals surface area contributed by atoms with E-state index >= 15 is 0 Å². The van der Waals surface area contributed by atoms with Crippen LogP contribution in [0.1, 0.15) is 26.7 Å². The zero-order chi connectivity index (χ0) is 14.6. The molecule has 0 spiro atoms. The first-order chi connectivity index (χ1) is 9.52. The fourth-order valence-electron chi connectivity index (χ4n) is 1.98. The maximum atomic E-state index is 12.2. The Morgan fingerprint density at radius 2 is 2.00 bits per heavy atom. The molecule has 0 radical (unpaired) electrons. The van der Waals surface area contributed by atoms with Gasteiger partial charge in [-0.2, -0.15) is 5.26 Å². The van der Waals surface area contributed by atoms with Crippen molar-refractivity contribution in [1.29, 1.82) is 5.26 Å². The van der Waals surface area contributed by atoms with Gasteiger partial charge in [-0.15, -0.1) is 0 Å². The molecule has 108 valence electrons. The fourth-order valence-corrected chi connectivity index (χ4v) is 3.08. The van der Waals surface area contributed by atoms with E-state index in [2.05, 4.69) is 6.07 Å². The van der Waals surface area contributed by atoms with Gasteiger partial charge in [-0.1, -0.05) is 0 Å². The van der Waals surface area contributed by atoms with E-state index in [4.69, 9.17) is 14.7 Å². The van der Waals surface area contributed by atoms with Gasteiger partial charge >= 0.3 is 0 Å². The smallest absolute Gasteiger partial charge is 0.162 e. The third kappa shape index (κ3) is 3.73. The highest BCUT2D eigenvalue weighted by Crippen LogP contribution is 2.32. The molecule has 20 heavy (non-hydrogen) atoms. The number of rotatable bonds is 5. The van der Waals surface area contributed by atoms with Gasteiger partial charge in [-0.05, 0) is 38.8 Å². The number of nitriles is 1. The van der Waals surface area contributed by atoms with Crippen molar-refractivity contribution in [2.75, 3.05) is 19.0 Å². The molecule has 0 fully saturated rings. The van der Waals surface area contributed by atoms with Crippen LogP contribution < -0.4 is 9.47 Å². The SMILES string of the molecule is CC(C)(C#N)CCCS(=O)c1ccc2c(c1)OCCO2. The van der Waals surface area contributed by atoms with Gasteiger partial charge in [0.15, 0.2) is 11.5 Å². The van der Waals surface area contributed by atoms with Crippen LogP contribution in [-0.2, 0) is 10.8 Å². The van der Waals surface area contributed by atoms with E-state index < -0.39 is 10.8 Å². The molecule has 1 aromatic carbocycles. The van der Waals surface area contributed by atoms with Gasteiger partial charge in [0, 0.05) is 16.7 Å². The molecule has 4 nitrogen and oxygen atoms in total. The Hall–Kier alpha value is -1.54. The summed E-state index contributed by atoms with van der Waals surface area (Å²) in [5.74, 6) is 1.94. The topological polar surface area (TPSA) is 59.3 Å². The van der Waals surface area contributed by atoms with E-state index in [1.165, 1.54) is 0 Å². The highest BCUT2D eigenvalue weighted by Gasteiger charge is 2.18. The molecule has 0 N–H and O–H groups in total. The monoisotopic (exact) mass is 293 g/mol. The molecule has 0 saturated heterocycles. The largest absolute Gasteiger partial charge is 0.486 e. The van der Waals surface area contributed by atoms with Gasteiger partial charge in [0.25, 0.3) is 0 Å². The molecule has 1 aromatic rings. The van der Waals surface area contributed by atoms with Crippen molar-refractivity contribution in [3.05, 3.63) is 18.2 Å². The number of hydrogen-bond donors (Lipinski definition) is 0. The maximum Gasteiger partial charge on any atom is 0.162 e. The second kappa shape index (κ2) is 6.27. The Bertz CT molecular complexity index is 549. The van der Waals surface area contributed by atoms with Crippen LogP contribution in [0, 0.1) is 16.7 Å². The van der Waals surface area contributed by atoms with E-state index in [1.54, 1.807) is 12.1 Å². The zero-order valence-corrected chi connectivity index (χ0v) is 12.7. The van der Waals surface area contributed by atoms with Crippen LogP contribution in [-0.4, -0.2) is 23.2 Å². The maximum absolute atomic E-state index is 12.2. The van der Waals surface area contributed by atoms with Crippen molar-refractivity contribution in [2.45, 2.75) is 31.6 Å². The molecule has 1 aliphatic heterocycles. The molecule has 0 saturated carbocycles. The molecule has 2 rings (SSSR count). The predicted octanol–water partition coefficient (Wildman–Crippen LogP) is 2.90. The Morgan fingerprint density at radius 1 is 1.30 bits per heavy atom. The summed E-state index contributed by atoms with van der Waals surface area (Å²) in [6.07, 6.45) is 1.52. The molecule has 1 unspecified atom stereocenters. The Kier molecular flexibility index (Phi) is 4.66. The predicted molar refractivity (Wildman–Crippen MR) is 77.3 cm³/mol. The molecule has 0 aliphatic carbocycles. The first-order valence-corrected chi connectivity index (χ1v) is 8.03. The number of fused-ring (bicyclic) bond motifs is 1. The quantitative estimate of drug-likeness (QED) is 0.837. The molecule has 1 heterocycles. The average molecular weight is 293 g/mol. The summed E-state index contributed by atoms with van der Waals surface area (Å²) in [6.45, 7) is 4.89. The molecular formula is C15H19NO3S. The van der Waals surface area contributed by atoms with Crippen molar-refractivity contribution in [1.82, 2.24) is 0 Å². The van der Waals surface area contributed by atoms with Crippen molar-refractivity contribution in [3.8, 4) is 17.6 Å². The third-order valence-electron chi connectivity index (χ3n) is 3.21. The summed E-state index contributed by atoms with van der Waals surface area (Å²) in [4.78, 5) is 0.754. The van der Waals surface area contributed by atoms with Crippen LogP contribution in [0.3, 0.4) is 0 Å². The lowest BCUT2D eigenvalue weighted by atomic mass is 9.90. The van der Waals surface area contributed by atoms with Crippen LogP contribution in [0.15, 0.2) is 23.1 Å². The lowest BCUT2D eigenvalue weighted by Gasteiger charge is -2.19. The molecule has 0 amide bonds. The average Bonchev–Trinajstić information content (AvgIpc) is 2.46. The van der Waals surface area contributed by atoms with E-state index in [0.29, 0.717) is 30.5 Å². The fraction of sp³-hybridized carbons (Fsp3) is 0.533. The minimum absolute atomic E-state index is 0.350. The first-order valence-electron chi connectivity index (χ1n) is 6.71. The van der Waals surface area contributed by atoms with E-state index in [1.807, 2.05) is 19.9 Å². The second-order valence-corrected chi connectivity index (χ2v) is 7.03. The molecule has 1 aliphatic rings. The Balaban J connectivity index is 1.95. The molecular weight excluding hydrogens is 274 g/mol. The van der Waals surface area contributed by atoms with Gasteiger partial charge in [-0.3, -0.25) is 4.21 Å². The number of hydrogen-bond acceptors (Lipinski definition) is 4. The van der Waals surface area contributed by atoms with Crippen molar-refractivity contribution < 1.29 is 13.7 Å². The second-order valence-electron chi connectivity index (χ2n) is 5.45. The molecule has 1 atom stereocenters. The van der Waals surface area contributed by atoms with Crippen LogP contribution in [0.4, 0.5) is 0 Å². The lowest BCUT2D eigenvalue weighted by molar-refractivity contribution is 0.171. The van der Waals surface area contributed by atoms with Gasteiger partial charge < -0.3 is 9.47 Å². The van der Waals surface area contributed by atoms with Crippen LogP contribution in [0.25, 0.3) is 0 Å². The molecule has 5 heteroatoms. The van der Waals surface area contributed by atoms with Crippen molar-refractivity contribution in [3.63, 3.8) is 0 Å². The highest BCUT2D eigenvalue weighted by molar-refractivity contribution is 7.85. The van der Waals surface area contributed by atoms with Gasteiger partial charge in [0.2, 0.25) is 0 Å². The number of benzene rings is 1. The first kappa shape index (κ1) is 14.9. The van der Waals surface area contributed by atoms with Crippen LogP contribution in [0.2, 0.25) is 0 Å². The van der Waals surface area contributed by atoms with Crippen molar-refractivity contribution in [2.24, 2.45) is 5.41 Å². The Labute approximate surface area is 122 Å². The Morgan fingerprint density at radius 3 is 2.70 bits per heavy atom. The minimum Gasteiger partial charge on any atom is -0.486 e. The van der Waals surface area contributed by atoms with Crippen LogP contribution >= 0.6 is 0 Å². The van der Waals surface area contributed by atoms with E-state index in [9.17, 15) is 4.21 Å². The number of ether oxygens (including phenoxy) is 2. The molecule has 0 aromatic heterocycles. The highest BCUT2D eigenvalue weighted by atomic mass is 32.2. The summed E-state index contributed by atoms with van der Waals surface area (Å²) >= 11 is 0. The van der Waals surface area contributed by atoms with Gasteiger partial charge in [0.05, 0.1) is 22.3 Å². The third-order valence-corrected chi connectivity index (χ3v) is 4.65. The van der Waals surface area contributed by atoms with Gasteiger partial charge in [0.1, 0.15) is 13.2 Å². The van der Waals surface area contributed by atoms with Gasteiger partial charge in [-0.25, -0.2) is 0 Å². The standard InChI is InChI=1S/C15H19NO3S/c1-15(2,11-16)6-3-9-20(17)12-4-5-13-14(10-12)19-8-7-18-13/h4-5,10H,3,6-9H2,1-2H3. The summed E-state index contributed by atoms with van der Waals surface area (Å²) < 4.78 is 23.2. The zero-order valence-electron chi connectivity index (χ0n) is 11.8. The molecule has 0 bridgehead atoms.